The van der Waals surface area contributed by atoms with Gasteiger partial charge in [0.1, 0.15) is 0 Å². The second-order valence-corrected chi connectivity index (χ2v) is 7.86. The minimum absolute atomic E-state index is 0.251. The van der Waals surface area contributed by atoms with Crippen molar-refractivity contribution in [1.29, 1.82) is 0 Å². The molecule has 0 saturated carbocycles. The second-order valence-electron chi connectivity index (χ2n) is 5.91. The molecule has 2 aromatic heterocycles. The molecule has 0 aliphatic heterocycles. The molecular formula is C18H16N4O2S. The zero-order chi connectivity index (χ0) is 17.4. The number of hydrogen-bond acceptors (Lipinski definition) is 4. The topological polar surface area (TPSA) is 69.8 Å². The number of fused-ring (bicyclic) bond motifs is 1. The fraction of sp³-hybridized carbons (Fsp3) is 0.111. The van der Waals surface area contributed by atoms with Crippen LogP contribution >= 0.6 is 0 Å². The summed E-state index contributed by atoms with van der Waals surface area (Å²) in [4.78, 5) is 4.53. The van der Waals surface area contributed by atoms with E-state index in [1.807, 2.05) is 36.1 Å². The molecule has 0 aliphatic carbocycles. The van der Waals surface area contributed by atoms with Gasteiger partial charge in [0.2, 0.25) is 9.84 Å². The van der Waals surface area contributed by atoms with E-state index in [0.29, 0.717) is 12.1 Å². The van der Waals surface area contributed by atoms with E-state index in [1.165, 1.54) is 0 Å². The van der Waals surface area contributed by atoms with Gasteiger partial charge >= 0.3 is 0 Å². The predicted molar refractivity (Wildman–Crippen MR) is 93.9 cm³/mol. The monoisotopic (exact) mass is 352 g/mol. The van der Waals surface area contributed by atoms with Crippen LogP contribution in [0.15, 0.2) is 77.2 Å². The molecule has 7 heteroatoms. The molecule has 0 N–H and O–H groups in total. The highest BCUT2D eigenvalue weighted by Crippen LogP contribution is 2.24. The Bertz CT molecular complexity index is 1130. The summed E-state index contributed by atoms with van der Waals surface area (Å²) < 4.78 is 29.3. The molecule has 6 nitrogen and oxygen atoms in total. The molecule has 0 fully saturated rings. The van der Waals surface area contributed by atoms with Crippen LogP contribution in [0.25, 0.3) is 10.9 Å². The van der Waals surface area contributed by atoms with E-state index in [4.69, 9.17) is 0 Å². The molecule has 0 saturated heterocycles. The summed E-state index contributed by atoms with van der Waals surface area (Å²) in [5, 5.41) is 5.19. The van der Waals surface area contributed by atoms with Gasteiger partial charge in [-0.15, -0.1) is 0 Å². The Morgan fingerprint density at radius 3 is 2.52 bits per heavy atom. The van der Waals surface area contributed by atoms with Gasteiger partial charge in [0.25, 0.3) is 0 Å². The van der Waals surface area contributed by atoms with Crippen molar-refractivity contribution < 1.29 is 8.42 Å². The lowest BCUT2D eigenvalue weighted by molar-refractivity contribution is 0.596. The molecule has 126 valence electrons. The van der Waals surface area contributed by atoms with Crippen LogP contribution in [0.5, 0.6) is 0 Å². The molecule has 0 amide bonds. The standard InChI is InChI=1S/C18H16N4O2S/c1-21-12-15-4-7-17(10-18(15)20-21)25(23,24)16-5-2-14(3-6-16)11-22-9-8-19-13-22/h2-10,12-13H,11H2,1H3. The average molecular weight is 352 g/mol. The third-order valence-electron chi connectivity index (χ3n) is 4.06. The molecule has 4 rings (SSSR count). The number of nitrogens with zero attached hydrogens (tertiary/aromatic N) is 4. The molecule has 4 aromatic rings. The highest BCUT2D eigenvalue weighted by atomic mass is 32.2. The van der Waals surface area contributed by atoms with Gasteiger partial charge in [0.15, 0.2) is 0 Å². The van der Waals surface area contributed by atoms with Crippen LogP contribution in [0.1, 0.15) is 5.56 Å². The first kappa shape index (κ1) is 15.6. The zero-order valence-electron chi connectivity index (χ0n) is 13.6. The number of benzene rings is 2. The van der Waals surface area contributed by atoms with Crippen LogP contribution in [0, 0.1) is 0 Å². The van der Waals surface area contributed by atoms with Crippen molar-refractivity contribution in [3.63, 3.8) is 0 Å². The lowest BCUT2D eigenvalue weighted by Crippen LogP contribution is -2.03. The average Bonchev–Trinajstić information content (AvgIpc) is 3.22. The van der Waals surface area contributed by atoms with Gasteiger partial charge in [-0.25, -0.2) is 13.4 Å². The van der Waals surface area contributed by atoms with Gasteiger partial charge in [-0.05, 0) is 35.9 Å². The van der Waals surface area contributed by atoms with Gasteiger partial charge in [-0.2, -0.15) is 5.10 Å². The number of sulfone groups is 1. The highest BCUT2D eigenvalue weighted by Gasteiger charge is 2.18. The summed E-state index contributed by atoms with van der Waals surface area (Å²) >= 11 is 0. The third-order valence-corrected chi connectivity index (χ3v) is 5.83. The van der Waals surface area contributed by atoms with Crippen LogP contribution < -0.4 is 0 Å². The minimum atomic E-state index is -3.57. The van der Waals surface area contributed by atoms with Crippen LogP contribution in [0.4, 0.5) is 0 Å². The van der Waals surface area contributed by atoms with Gasteiger partial charge in [-0.1, -0.05) is 12.1 Å². The molecule has 0 atom stereocenters. The van der Waals surface area contributed by atoms with E-state index in [1.54, 1.807) is 47.5 Å². The number of aryl methyl sites for hydroxylation is 1. The summed E-state index contributed by atoms with van der Waals surface area (Å²) in [7, 11) is -1.76. The van der Waals surface area contributed by atoms with E-state index in [-0.39, 0.29) is 9.79 Å². The molecule has 0 bridgehead atoms. The summed E-state index contributed by atoms with van der Waals surface area (Å²) in [6.45, 7) is 0.653. The van der Waals surface area contributed by atoms with E-state index in [2.05, 4.69) is 10.1 Å². The second kappa shape index (κ2) is 5.86. The van der Waals surface area contributed by atoms with E-state index in [0.717, 1.165) is 10.9 Å². The van der Waals surface area contributed by atoms with Crippen molar-refractivity contribution in [2.75, 3.05) is 0 Å². The number of aromatic nitrogens is 4. The quantitative estimate of drug-likeness (QED) is 0.566. The maximum Gasteiger partial charge on any atom is 0.206 e. The fourth-order valence-corrected chi connectivity index (χ4v) is 4.07. The summed E-state index contributed by atoms with van der Waals surface area (Å²) in [5.74, 6) is 0. The lowest BCUT2D eigenvalue weighted by atomic mass is 10.2. The minimum Gasteiger partial charge on any atom is -0.333 e. The highest BCUT2D eigenvalue weighted by molar-refractivity contribution is 7.91. The summed E-state index contributed by atoms with van der Waals surface area (Å²) in [6.07, 6.45) is 7.17. The third kappa shape index (κ3) is 2.94. The number of hydrogen-bond donors (Lipinski definition) is 0. The first-order valence-corrected chi connectivity index (χ1v) is 9.24. The van der Waals surface area contributed by atoms with Crippen LogP contribution in [0.2, 0.25) is 0 Å². The molecule has 0 spiro atoms. The molecule has 0 radical (unpaired) electrons. The first-order chi connectivity index (χ1) is 12.0. The van der Waals surface area contributed by atoms with Crippen molar-refractivity contribution in [2.24, 2.45) is 7.05 Å². The molecular weight excluding hydrogens is 336 g/mol. The summed E-state index contributed by atoms with van der Waals surface area (Å²) in [6, 6.07) is 12.0. The van der Waals surface area contributed by atoms with E-state index < -0.39 is 9.84 Å². The van der Waals surface area contributed by atoms with Crippen molar-refractivity contribution in [3.05, 3.63) is 72.9 Å². The number of imidazole rings is 1. The van der Waals surface area contributed by atoms with Crippen molar-refractivity contribution in [3.8, 4) is 0 Å². The Kier molecular flexibility index (Phi) is 3.65. The Hall–Kier alpha value is -2.93. The van der Waals surface area contributed by atoms with Gasteiger partial charge in [0.05, 0.1) is 21.6 Å². The molecule has 2 aromatic carbocycles. The largest absolute Gasteiger partial charge is 0.333 e. The normalized spacial score (nSPS) is 11.9. The molecule has 0 unspecified atom stereocenters. The number of rotatable bonds is 4. The van der Waals surface area contributed by atoms with Gasteiger partial charge < -0.3 is 4.57 Å². The molecule has 0 aliphatic rings. The van der Waals surface area contributed by atoms with Crippen molar-refractivity contribution >= 4 is 20.7 Å². The predicted octanol–water partition coefficient (Wildman–Crippen LogP) is 2.65. The molecule has 2 heterocycles. The smallest absolute Gasteiger partial charge is 0.206 e. The summed E-state index contributed by atoms with van der Waals surface area (Å²) in [5.41, 5.74) is 1.68. The Balaban J connectivity index is 1.66. The van der Waals surface area contributed by atoms with Crippen molar-refractivity contribution in [1.82, 2.24) is 19.3 Å². The Morgan fingerprint density at radius 2 is 1.80 bits per heavy atom. The van der Waals surface area contributed by atoms with Crippen molar-refractivity contribution in [2.45, 2.75) is 16.3 Å². The Morgan fingerprint density at radius 1 is 1.04 bits per heavy atom. The van der Waals surface area contributed by atoms with Crippen LogP contribution in [-0.4, -0.2) is 27.7 Å². The lowest BCUT2D eigenvalue weighted by Gasteiger charge is -2.07. The van der Waals surface area contributed by atoms with Crippen LogP contribution in [-0.2, 0) is 23.4 Å². The molecule has 25 heavy (non-hydrogen) atoms. The van der Waals surface area contributed by atoms with E-state index >= 15 is 0 Å². The first-order valence-electron chi connectivity index (χ1n) is 7.75. The van der Waals surface area contributed by atoms with Gasteiger partial charge in [-0.3, -0.25) is 4.68 Å². The van der Waals surface area contributed by atoms with Gasteiger partial charge in [0, 0.05) is 37.6 Å². The maximum absolute atomic E-state index is 12.9. The zero-order valence-corrected chi connectivity index (χ0v) is 14.4. The Labute approximate surface area is 145 Å². The maximum atomic E-state index is 12.9. The fourth-order valence-electron chi connectivity index (χ4n) is 2.79. The SMILES string of the molecule is Cn1cc2ccc(S(=O)(=O)c3ccc(Cn4ccnc4)cc3)cc2n1. The van der Waals surface area contributed by atoms with Crippen LogP contribution in [0.3, 0.4) is 0 Å². The van der Waals surface area contributed by atoms with E-state index in [9.17, 15) is 8.42 Å².